The average Bonchev–Trinajstić information content (AvgIpc) is 2.67. The number of fused-ring (bicyclic) bond motifs is 1. The molecular weight excluding hydrogens is 328 g/mol. The van der Waals surface area contributed by atoms with Gasteiger partial charge in [0.15, 0.2) is 0 Å². The fourth-order valence-electron chi connectivity index (χ4n) is 2.47. The molecule has 128 valence electrons. The van der Waals surface area contributed by atoms with E-state index < -0.39 is 5.97 Å². The molecule has 0 aromatic heterocycles. The zero-order chi connectivity index (χ0) is 18.4. The molecular formula is C20H16N4O2. The summed E-state index contributed by atoms with van der Waals surface area (Å²) in [7, 11) is 0. The van der Waals surface area contributed by atoms with E-state index in [4.69, 9.17) is 10.4 Å². The smallest absolute Gasteiger partial charge is 0.322 e. The lowest BCUT2D eigenvalue weighted by Crippen LogP contribution is -2.34. The van der Waals surface area contributed by atoms with Crippen molar-refractivity contribution in [2.45, 2.75) is 0 Å². The molecule has 0 fully saturated rings. The van der Waals surface area contributed by atoms with Crippen molar-refractivity contribution < 1.29 is 9.90 Å². The minimum atomic E-state index is -0.989. The number of aliphatic imine (C=N–C) groups is 1. The molecule has 0 radical (unpaired) electrons. The highest BCUT2D eigenvalue weighted by molar-refractivity contribution is 6.04. The predicted molar refractivity (Wildman–Crippen MR) is 101 cm³/mol. The van der Waals surface area contributed by atoms with Crippen LogP contribution in [-0.4, -0.2) is 23.6 Å². The summed E-state index contributed by atoms with van der Waals surface area (Å²) < 4.78 is 0. The number of benzene rings is 3. The highest BCUT2D eigenvalue weighted by Crippen LogP contribution is 2.23. The molecule has 0 atom stereocenters. The number of carbonyl (C=O) groups is 1. The molecule has 0 heterocycles. The zero-order valence-corrected chi connectivity index (χ0v) is 13.8. The molecule has 6 nitrogen and oxygen atoms in total. The van der Waals surface area contributed by atoms with Gasteiger partial charge in [0.25, 0.3) is 0 Å². The lowest BCUT2D eigenvalue weighted by molar-refractivity contribution is -0.135. The van der Waals surface area contributed by atoms with E-state index in [-0.39, 0.29) is 6.54 Å². The van der Waals surface area contributed by atoms with Gasteiger partial charge in [-0.3, -0.25) is 4.79 Å². The molecule has 6 heteroatoms. The van der Waals surface area contributed by atoms with Gasteiger partial charge in [-0.2, -0.15) is 5.26 Å². The van der Waals surface area contributed by atoms with Gasteiger partial charge in [-0.25, -0.2) is 4.99 Å². The van der Waals surface area contributed by atoms with Gasteiger partial charge < -0.3 is 15.7 Å². The molecule has 26 heavy (non-hydrogen) atoms. The second-order valence-corrected chi connectivity index (χ2v) is 5.52. The Hall–Kier alpha value is -3.85. The zero-order valence-electron chi connectivity index (χ0n) is 13.8. The maximum Gasteiger partial charge on any atom is 0.322 e. The Morgan fingerprint density at radius 3 is 2.50 bits per heavy atom. The number of nitrogens with zero attached hydrogens (tertiary/aromatic N) is 2. The van der Waals surface area contributed by atoms with Crippen LogP contribution in [0.5, 0.6) is 0 Å². The number of carboxylic acids is 1. The van der Waals surface area contributed by atoms with Crippen LogP contribution in [0.15, 0.2) is 71.7 Å². The Morgan fingerprint density at radius 1 is 1.04 bits per heavy atom. The summed E-state index contributed by atoms with van der Waals surface area (Å²) >= 11 is 0. The first kappa shape index (κ1) is 17.0. The molecule has 0 bridgehead atoms. The van der Waals surface area contributed by atoms with Crippen molar-refractivity contribution in [3.8, 4) is 6.07 Å². The second kappa shape index (κ2) is 7.81. The number of carboxylic acid groups (broad SMARTS) is 1. The number of rotatable bonds is 4. The van der Waals surface area contributed by atoms with Crippen LogP contribution in [0, 0.1) is 11.3 Å². The maximum absolute atomic E-state index is 10.9. The van der Waals surface area contributed by atoms with E-state index in [1.807, 2.05) is 42.5 Å². The van der Waals surface area contributed by atoms with Crippen molar-refractivity contribution in [3.05, 3.63) is 72.3 Å². The summed E-state index contributed by atoms with van der Waals surface area (Å²) in [6, 6.07) is 22.5. The van der Waals surface area contributed by atoms with Crippen LogP contribution in [0.4, 0.5) is 11.4 Å². The summed E-state index contributed by atoms with van der Waals surface area (Å²) in [5.41, 5.74) is 1.95. The Bertz CT molecular complexity index is 999. The van der Waals surface area contributed by atoms with Gasteiger partial charge in [0.2, 0.25) is 5.96 Å². The number of anilines is 1. The molecule has 0 aliphatic carbocycles. The van der Waals surface area contributed by atoms with Crippen LogP contribution < -0.4 is 10.6 Å². The first-order valence-corrected chi connectivity index (χ1v) is 7.95. The Balaban J connectivity index is 1.93. The largest absolute Gasteiger partial charge is 0.480 e. The number of aliphatic carboxylic acids is 1. The molecule has 0 saturated heterocycles. The highest BCUT2D eigenvalue weighted by atomic mass is 16.4. The topological polar surface area (TPSA) is 97.5 Å². The van der Waals surface area contributed by atoms with Crippen LogP contribution in [0.2, 0.25) is 0 Å². The molecule has 3 N–H and O–H groups in total. The minimum absolute atomic E-state index is 0.271. The van der Waals surface area contributed by atoms with Crippen molar-refractivity contribution in [1.29, 1.82) is 5.26 Å². The van der Waals surface area contributed by atoms with Crippen LogP contribution >= 0.6 is 0 Å². The third kappa shape index (κ3) is 4.16. The molecule has 3 aromatic carbocycles. The summed E-state index contributed by atoms with van der Waals surface area (Å²) in [6.07, 6.45) is 0. The molecule has 0 aliphatic rings. The first-order chi connectivity index (χ1) is 12.7. The van der Waals surface area contributed by atoms with Crippen molar-refractivity contribution in [2.75, 3.05) is 11.9 Å². The van der Waals surface area contributed by atoms with Crippen LogP contribution in [0.1, 0.15) is 5.56 Å². The van der Waals surface area contributed by atoms with Crippen LogP contribution in [-0.2, 0) is 4.79 Å². The first-order valence-electron chi connectivity index (χ1n) is 7.95. The van der Waals surface area contributed by atoms with E-state index in [2.05, 4.69) is 21.7 Å². The second-order valence-electron chi connectivity index (χ2n) is 5.52. The third-order valence-corrected chi connectivity index (χ3v) is 3.69. The Kier molecular flexibility index (Phi) is 5.11. The number of nitriles is 1. The summed E-state index contributed by atoms with van der Waals surface area (Å²) in [5, 5.41) is 25.8. The fraction of sp³-hybridized carbons (Fsp3) is 0.0500. The molecule has 0 aliphatic heterocycles. The summed E-state index contributed by atoms with van der Waals surface area (Å²) in [6.45, 7) is -0.271. The SMILES string of the molecule is N#Cc1ccc(N=C(NCC(=O)O)Nc2cccc3ccccc23)cc1. The monoisotopic (exact) mass is 344 g/mol. The molecule has 3 rings (SSSR count). The lowest BCUT2D eigenvalue weighted by Gasteiger charge is -2.13. The number of hydrogen-bond acceptors (Lipinski definition) is 3. The molecule has 0 saturated carbocycles. The summed E-state index contributed by atoms with van der Waals surface area (Å²) in [5.74, 6) is -0.675. The van der Waals surface area contributed by atoms with Gasteiger partial charge in [-0.15, -0.1) is 0 Å². The van der Waals surface area contributed by atoms with Gasteiger partial charge in [0, 0.05) is 11.1 Å². The molecule has 0 unspecified atom stereocenters. The van der Waals surface area contributed by atoms with Gasteiger partial charge in [-0.1, -0.05) is 36.4 Å². The lowest BCUT2D eigenvalue weighted by atomic mass is 10.1. The predicted octanol–water partition coefficient (Wildman–Crippen LogP) is 3.49. The standard InChI is InChI=1S/C20H16N4O2/c21-12-14-8-10-16(11-9-14)23-20(22-13-19(25)26)24-18-7-3-5-15-4-1-2-6-17(15)18/h1-11H,13H2,(H,25,26)(H2,22,23,24). The van der Waals surface area contributed by atoms with Gasteiger partial charge in [0.1, 0.15) is 6.54 Å². The normalized spacial score (nSPS) is 11.0. The molecule has 3 aromatic rings. The highest BCUT2D eigenvalue weighted by Gasteiger charge is 2.06. The minimum Gasteiger partial charge on any atom is -0.480 e. The van der Waals surface area contributed by atoms with Crippen molar-refractivity contribution >= 4 is 34.1 Å². The van der Waals surface area contributed by atoms with Crippen molar-refractivity contribution in [3.63, 3.8) is 0 Å². The van der Waals surface area contributed by atoms with Crippen molar-refractivity contribution in [2.24, 2.45) is 4.99 Å². The van der Waals surface area contributed by atoms with E-state index in [1.54, 1.807) is 24.3 Å². The van der Waals surface area contributed by atoms with Crippen molar-refractivity contribution in [1.82, 2.24) is 5.32 Å². The van der Waals surface area contributed by atoms with Crippen LogP contribution in [0.25, 0.3) is 10.8 Å². The van der Waals surface area contributed by atoms with Gasteiger partial charge in [0.05, 0.1) is 17.3 Å². The number of nitrogens with one attached hydrogen (secondary N) is 2. The summed E-state index contributed by atoms with van der Waals surface area (Å²) in [4.78, 5) is 15.4. The number of hydrogen-bond donors (Lipinski definition) is 3. The average molecular weight is 344 g/mol. The number of guanidine groups is 1. The van der Waals surface area contributed by atoms with Crippen LogP contribution in [0.3, 0.4) is 0 Å². The Labute approximate surface area is 150 Å². The van der Waals surface area contributed by atoms with E-state index >= 15 is 0 Å². The van der Waals surface area contributed by atoms with Gasteiger partial charge >= 0.3 is 5.97 Å². The third-order valence-electron chi connectivity index (χ3n) is 3.69. The van der Waals surface area contributed by atoms with E-state index in [0.29, 0.717) is 17.2 Å². The van der Waals surface area contributed by atoms with E-state index in [1.165, 1.54) is 0 Å². The Morgan fingerprint density at radius 2 is 1.77 bits per heavy atom. The fourth-order valence-corrected chi connectivity index (χ4v) is 2.47. The maximum atomic E-state index is 10.9. The van der Waals surface area contributed by atoms with E-state index in [0.717, 1.165) is 16.5 Å². The quantitative estimate of drug-likeness (QED) is 0.497. The van der Waals surface area contributed by atoms with E-state index in [9.17, 15) is 4.79 Å². The molecule has 0 spiro atoms. The molecule has 0 amide bonds. The van der Waals surface area contributed by atoms with Gasteiger partial charge in [-0.05, 0) is 35.7 Å².